The molecule has 0 aromatic heterocycles. The summed E-state index contributed by atoms with van der Waals surface area (Å²) in [6.07, 6.45) is 0. The lowest BCUT2D eigenvalue weighted by atomic mass is 10.1. The van der Waals surface area contributed by atoms with Gasteiger partial charge in [-0.15, -0.1) is 0 Å². The molecule has 0 fully saturated rings. The number of rotatable bonds is 1. The molecule has 0 aliphatic heterocycles. The van der Waals surface area contributed by atoms with Crippen LogP contribution in [0.1, 0.15) is 29.8 Å². The molecule has 1 aromatic carbocycles. The predicted octanol–water partition coefficient (Wildman–Crippen LogP) is 2.86. The van der Waals surface area contributed by atoms with Crippen LogP contribution in [0.3, 0.4) is 0 Å². The molecule has 0 heterocycles. The fraction of sp³-hybridized carbons (Fsp3) is 0.300. The van der Waals surface area contributed by atoms with Crippen molar-refractivity contribution in [2.24, 2.45) is 0 Å². The highest BCUT2D eigenvalue weighted by molar-refractivity contribution is 5.88. The van der Waals surface area contributed by atoms with Crippen LogP contribution in [0.4, 0.5) is 4.39 Å². The Balaban J connectivity index is 0.000000671. The van der Waals surface area contributed by atoms with Crippen molar-refractivity contribution in [2.45, 2.75) is 20.8 Å². The molecule has 2 nitrogen and oxygen atoms in total. The second kappa shape index (κ2) is 5.30. The summed E-state index contributed by atoms with van der Waals surface area (Å²) in [7, 11) is 0. The summed E-state index contributed by atoms with van der Waals surface area (Å²) in [5.74, 6) is -1.88. The first-order chi connectivity index (χ1) is 6.13. The Hall–Kier alpha value is -1.38. The van der Waals surface area contributed by atoms with E-state index >= 15 is 0 Å². The third-order valence-corrected chi connectivity index (χ3v) is 1.42. The molecule has 0 spiro atoms. The van der Waals surface area contributed by atoms with Crippen LogP contribution in [-0.2, 0) is 0 Å². The fourth-order valence-corrected chi connectivity index (χ4v) is 0.813. The molecule has 0 saturated carbocycles. The topological polar surface area (TPSA) is 37.3 Å². The lowest BCUT2D eigenvalue weighted by Gasteiger charge is -1.98. The Bertz CT molecular complexity index is 295. The minimum atomic E-state index is -1.23. The smallest absolute Gasteiger partial charge is 0.338 e. The summed E-state index contributed by atoms with van der Waals surface area (Å²) in [5, 5.41) is 8.45. The Morgan fingerprint density at radius 3 is 2.31 bits per heavy atom. The van der Waals surface area contributed by atoms with Gasteiger partial charge in [-0.25, -0.2) is 9.18 Å². The zero-order chi connectivity index (χ0) is 10.4. The monoisotopic (exact) mass is 184 g/mol. The molecule has 1 N–H and O–H groups in total. The van der Waals surface area contributed by atoms with E-state index in [2.05, 4.69) is 0 Å². The molecule has 0 aliphatic rings. The van der Waals surface area contributed by atoms with Crippen LogP contribution >= 0.6 is 0 Å². The van der Waals surface area contributed by atoms with E-state index in [1.807, 2.05) is 13.8 Å². The number of aromatic carboxylic acids is 1. The van der Waals surface area contributed by atoms with Gasteiger partial charge in [0, 0.05) is 0 Å². The molecule has 0 amide bonds. The molecule has 3 heteroatoms. The zero-order valence-corrected chi connectivity index (χ0v) is 7.97. The maximum atomic E-state index is 12.9. The van der Waals surface area contributed by atoms with Gasteiger partial charge < -0.3 is 5.11 Å². The number of aryl methyl sites for hydroxylation is 1. The van der Waals surface area contributed by atoms with E-state index in [9.17, 15) is 9.18 Å². The van der Waals surface area contributed by atoms with Gasteiger partial charge in [0.25, 0.3) is 0 Å². The Labute approximate surface area is 77.0 Å². The average Bonchev–Trinajstić information content (AvgIpc) is 2.13. The van der Waals surface area contributed by atoms with Gasteiger partial charge in [0.2, 0.25) is 0 Å². The van der Waals surface area contributed by atoms with Crippen LogP contribution in [0, 0.1) is 12.7 Å². The summed E-state index contributed by atoms with van der Waals surface area (Å²) in [6.45, 7) is 5.53. The second-order valence-electron chi connectivity index (χ2n) is 2.24. The molecule has 1 aromatic rings. The van der Waals surface area contributed by atoms with Crippen molar-refractivity contribution >= 4 is 5.97 Å². The summed E-state index contributed by atoms with van der Waals surface area (Å²) in [4.78, 5) is 10.3. The van der Waals surface area contributed by atoms with E-state index in [4.69, 9.17) is 5.11 Å². The first-order valence-corrected chi connectivity index (χ1v) is 4.11. The average molecular weight is 184 g/mol. The number of halogens is 1. The number of hydrogen-bond acceptors (Lipinski definition) is 1. The molecule has 0 aliphatic carbocycles. The van der Waals surface area contributed by atoms with E-state index in [0.29, 0.717) is 5.56 Å². The number of carboxylic acid groups (broad SMARTS) is 1. The molecule has 0 radical (unpaired) electrons. The molecule has 0 bridgehead atoms. The quantitative estimate of drug-likeness (QED) is 0.728. The molecule has 13 heavy (non-hydrogen) atoms. The molecular formula is C10H13FO2. The van der Waals surface area contributed by atoms with Crippen molar-refractivity contribution in [3.05, 3.63) is 35.1 Å². The van der Waals surface area contributed by atoms with Crippen molar-refractivity contribution in [3.63, 3.8) is 0 Å². The summed E-state index contributed by atoms with van der Waals surface area (Å²) in [6, 6.07) is 4.29. The van der Waals surface area contributed by atoms with Crippen molar-refractivity contribution in [1.29, 1.82) is 0 Å². The Kier molecular flexibility index (Phi) is 4.74. The van der Waals surface area contributed by atoms with Crippen molar-refractivity contribution in [1.82, 2.24) is 0 Å². The molecule has 0 atom stereocenters. The van der Waals surface area contributed by atoms with E-state index in [0.717, 1.165) is 0 Å². The Morgan fingerprint density at radius 2 is 1.92 bits per heavy atom. The van der Waals surface area contributed by atoms with Crippen LogP contribution < -0.4 is 0 Å². The summed E-state index contributed by atoms with van der Waals surface area (Å²) < 4.78 is 12.9. The first-order valence-electron chi connectivity index (χ1n) is 4.11. The largest absolute Gasteiger partial charge is 0.478 e. The summed E-state index contributed by atoms with van der Waals surface area (Å²) in [5.41, 5.74) is 0.0786. The van der Waals surface area contributed by atoms with Crippen LogP contribution in [0.15, 0.2) is 18.2 Å². The van der Waals surface area contributed by atoms with Gasteiger partial charge in [-0.1, -0.05) is 26.0 Å². The van der Waals surface area contributed by atoms with Gasteiger partial charge >= 0.3 is 5.97 Å². The lowest BCUT2D eigenvalue weighted by Crippen LogP contribution is -2.01. The molecule has 1 rings (SSSR count). The summed E-state index contributed by atoms with van der Waals surface area (Å²) >= 11 is 0. The standard InChI is InChI=1S/C8H7FO2.C2H6/c1-5-3-2-4-6(7(5)9)8(10)11;1-2/h2-4H,1H3,(H,10,11);1-2H3. The van der Waals surface area contributed by atoms with E-state index < -0.39 is 11.8 Å². The highest BCUT2D eigenvalue weighted by Gasteiger charge is 2.10. The van der Waals surface area contributed by atoms with Crippen LogP contribution in [-0.4, -0.2) is 11.1 Å². The van der Waals surface area contributed by atoms with Crippen LogP contribution in [0.25, 0.3) is 0 Å². The van der Waals surface area contributed by atoms with Gasteiger partial charge in [-0.05, 0) is 18.6 Å². The first kappa shape index (κ1) is 11.6. The number of hydrogen-bond donors (Lipinski definition) is 1. The molecule has 0 saturated heterocycles. The van der Waals surface area contributed by atoms with Gasteiger partial charge in [-0.3, -0.25) is 0 Å². The Morgan fingerprint density at radius 1 is 1.38 bits per heavy atom. The fourth-order valence-electron chi connectivity index (χ4n) is 0.813. The molecular weight excluding hydrogens is 171 g/mol. The van der Waals surface area contributed by atoms with E-state index in [-0.39, 0.29) is 5.56 Å². The third-order valence-electron chi connectivity index (χ3n) is 1.42. The van der Waals surface area contributed by atoms with Crippen LogP contribution in [0.5, 0.6) is 0 Å². The highest BCUT2D eigenvalue weighted by Crippen LogP contribution is 2.10. The molecule has 0 unspecified atom stereocenters. The van der Waals surface area contributed by atoms with Gasteiger partial charge in [0.05, 0.1) is 5.56 Å². The minimum Gasteiger partial charge on any atom is -0.478 e. The van der Waals surface area contributed by atoms with Crippen molar-refractivity contribution < 1.29 is 14.3 Å². The third kappa shape index (κ3) is 2.86. The lowest BCUT2D eigenvalue weighted by molar-refractivity contribution is 0.0691. The highest BCUT2D eigenvalue weighted by atomic mass is 19.1. The second-order valence-corrected chi connectivity index (χ2v) is 2.24. The van der Waals surface area contributed by atoms with E-state index in [1.54, 1.807) is 0 Å². The van der Waals surface area contributed by atoms with Gasteiger partial charge in [-0.2, -0.15) is 0 Å². The number of carboxylic acids is 1. The maximum Gasteiger partial charge on any atom is 0.338 e. The SMILES string of the molecule is CC.Cc1cccc(C(=O)O)c1F. The van der Waals surface area contributed by atoms with E-state index in [1.165, 1.54) is 25.1 Å². The maximum absolute atomic E-state index is 12.9. The number of carbonyl (C=O) groups is 1. The zero-order valence-electron chi connectivity index (χ0n) is 7.97. The normalized spacial score (nSPS) is 8.62. The van der Waals surface area contributed by atoms with Gasteiger partial charge in [0.15, 0.2) is 0 Å². The number of benzene rings is 1. The van der Waals surface area contributed by atoms with Gasteiger partial charge in [0.1, 0.15) is 5.82 Å². The predicted molar refractivity (Wildman–Crippen MR) is 49.4 cm³/mol. The molecule has 72 valence electrons. The van der Waals surface area contributed by atoms with Crippen LogP contribution in [0.2, 0.25) is 0 Å². The van der Waals surface area contributed by atoms with Crippen molar-refractivity contribution in [2.75, 3.05) is 0 Å². The minimum absolute atomic E-state index is 0.273. The van der Waals surface area contributed by atoms with Crippen molar-refractivity contribution in [3.8, 4) is 0 Å².